The fraction of sp³-hybridized carbons (Fsp3) is 0.600. The number of phenols is 1. The Morgan fingerprint density at radius 1 is 1.16 bits per heavy atom. The second kappa shape index (κ2) is 9.75. The third-order valence-corrected chi connectivity index (χ3v) is 9.64. The van der Waals surface area contributed by atoms with E-state index in [1.165, 1.54) is 31.1 Å². The number of rotatable bonds is 6. The number of hydrogen-bond donors (Lipinski definition) is 5. The molecule has 10 atom stereocenters. The fourth-order valence-electron chi connectivity index (χ4n) is 6.56. The molecule has 1 aromatic carbocycles. The van der Waals surface area contributed by atoms with Crippen LogP contribution in [0.2, 0.25) is 0 Å². The number of aromatic hydroxyl groups is 1. The second-order valence-corrected chi connectivity index (χ2v) is 12.0. The molecule has 0 radical (unpaired) electrons. The van der Waals surface area contributed by atoms with E-state index in [2.05, 4.69) is 0 Å². The monoisotopic (exact) mass is 536 g/mol. The topological polar surface area (TPSA) is 196 Å². The number of nitrogens with zero attached hydrogens (tertiary/aromatic N) is 1. The summed E-state index contributed by atoms with van der Waals surface area (Å²) in [6.07, 6.45) is -3.16. The zero-order chi connectivity index (χ0) is 27.6. The molecule has 1 aromatic rings. The summed E-state index contributed by atoms with van der Waals surface area (Å²) in [5, 5.41) is 44.0. The summed E-state index contributed by atoms with van der Waals surface area (Å²) in [4.78, 5) is 55.7. The van der Waals surface area contributed by atoms with Crippen molar-refractivity contribution >= 4 is 33.9 Å². The molecule has 6 N–H and O–H groups in total. The highest BCUT2D eigenvalue weighted by Crippen LogP contribution is 2.54. The summed E-state index contributed by atoms with van der Waals surface area (Å²) >= 11 is 0. The maximum atomic E-state index is 14.0. The summed E-state index contributed by atoms with van der Waals surface area (Å²) in [6, 6.07) is 2.91. The minimum absolute atomic E-state index is 0.0487. The molecule has 3 aliphatic carbocycles. The van der Waals surface area contributed by atoms with Crippen molar-refractivity contribution in [1.29, 1.82) is 0 Å². The standard InChI is InChI=1S/C25H32N2O9S/c1-4-8-37(36)9-11-10-6-5-7-12(28)13(10)19(29)15-14(11)20(30)17-18(27(2)3)21(31)16(24(26)34)23(33)25(17,35)22(15)32/h5-7,11,14-18,20,24,28,30,34-35H,4,8-9,26H2,1-3H3/t11-,14+,15?,16?,17+,18-,20-,24?,25-,37?/m0/s1. The van der Waals surface area contributed by atoms with Gasteiger partial charge in [-0.1, -0.05) is 19.1 Å². The van der Waals surface area contributed by atoms with Crippen molar-refractivity contribution in [3.05, 3.63) is 29.3 Å². The number of likely N-dealkylation sites (N-methyl/N-ethyl adjacent to an activating group) is 1. The number of ketones is 4. The molecule has 0 saturated heterocycles. The van der Waals surface area contributed by atoms with E-state index >= 15 is 0 Å². The lowest BCUT2D eigenvalue weighted by atomic mass is 9.49. The highest BCUT2D eigenvalue weighted by Gasteiger charge is 2.73. The van der Waals surface area contributed by atoms with Crippen molar-refractivity contribution in [2.24, 2.45) is 29.4 Å². The van der Waals surface area contributed by atoms with E-state index in [0.29, 0.717) is 17.7 Å². The molecule has 3 aliphatic rings. The quantitative estimate of drug-likeness (QED) is 0.206. The molecule has 0 spiro atoms. The van der Waals surface area contributed by atoms with Gasteiger partial charge in [-0.25, -0.2) is 0 Å². The van der Waals surface area contributed by atoms with Crippen molar-refractivity contribution in [2.75, 3.05) is 25.6 Å². The highest BCUT2D eigenvalue weighted by atomic mass is 32.2. The van der Waals surface area contributed by atoms with Crippen LogP contribution in [0.15, 0.2) is 18.2 Å². The number of aliphatic hydroxyl groups is 3. The Labute approximate surface area is 216 Å². The van der Waals surface area contributed by atoms with Crippen LogP contribution in [-0.2, 0) is 25.2 Å². The van der Waals surface area contributed by atoms with Gasteiger partial charge in [0.1, 0.15) is 17.9 Å². The van der Waals surface area contributed by atoms with Crippen molar-refractivity contribution in [3.8, 4) is 5.75 Å². The van der Waals surface area contributed by atoms with Crippen molar-refractivity contribution in [1.82, 2.24) is 4.90 Å². The van der Waals surface area contributed by atoms with Crippen molar-refractivity contribution in [3.63, 3.8) is 0 Å². The number of carbonyl (C=O) groups is 4. The van der Waals surface area contributed by atoms with Gasteiger partial charge in [-0.2, -0.15) is 0 Å². The fourth-order valence-corrected chi connectivity index (χ4v) is 7.99. The smallest absolute Gasteiger partial charge is 0.190 e. The van der Waals surface area contributed by atoms with Gasteiger partial charge in [0.05, 0.1) is 29.5 Å². The Bertz CT molecular complexity index is 1180. The van der Waals surface area contributed by atoms with E-state index in [1.54, 1.807) is 6.07 Å². The number of hydrogen-bond acceptors (Lipinski definition) is 11. The second-order valence-electron chi connectivity index (χ2n) is 10.4. The van der Waals surface area contributed by atoms with Crippen LogP contribution in [0.3, 0.4) is 0 Å². The minimum atomic E-state index is -3.00. The van der Waals surface area contributed by atoms with E-state index < -0.39 is 93.2 Å². The van der Waals surface area contributed by atoms with Gasteiger partial charge in [0.25, 0.3) is 0 Å². The molecule has 12 heteroatoms. The number of nitrogens with two attached hydrogens (primary N) is 1. The molecule has 0 bridgehead atoms. The molecule has 0 amide bonds. The van der Waals surface area contributed by atoms with Crippen molar-refractivity contribution < 1.29 is 43.8 Å². The summed E-state index contributed by atoms with van der Waals surface area (Å²) < 4.78 is 12.9. The molecule has 0 heterocycles. The number of phenolic OH excluding ortho intramolecular Hbond substituents is 1. The highest BCUT2D eigenvalue weighted by molar-refractivity contribution is 7.85. The number of benzene rings is 1. The number of Topliss-reactive ketones (excluding diaryl/α,β-unsaturated/α-hetero) is 4. The first-order valence-corrected chi connectivity index (χ1v) is 13.6. The van der Waals surface area contributed by atoms with E-state index in [0.717, 1.165) is 0 Å². The van der Waals surface area contributed by atoms with Gasteiger partial charge >= 0.3 is 0 Å². The Kier molecular flexibility index (Phi) is 7.30. The zero-order valence-electron chi connectivity index (χ0n) is 20.7. The van der Waals surface area contributed by atoms with Gasteiger partial charge in [-0.15, -0.1) is 0 Å². The predicted octanol–water partition coefficient (Wildman–Crippen LogP) is -1.67. The molecule has 0 aromatic heterocycles. The van der Waals surface area contributed by atoms with Gasteiger partial charge < -0.3 is 26.2 Å². The van der Waals surface area contributed by atoms with Crippen LogP contribution in [0, 0.1) is 23.7 Å². The third kappa shape index (κ3) is 3.93. The number of carbonyl (C=O) groups excluding carboxylic acids is 4. The molecule has 2 fully saturated rings. The Balaban J connectivity index is 1.96. The first-order valence-electron chi connectivity index (χ1n) is 12.1. The lowest BCUT2D eigenvalue weighted by Gasteiger charge is -2.56. The van der Waals surface area contributed by atoms with Gasteiger partial charge in [0, 0.05) is 34.1 Å². The van der Waals surface area contributed by atoms with E-state index in [4.69, 9.17) is 5.73 Å². The Morgan fingerprint density at radius 3 is 2.38 bits per heavy atom. The molecule has 4 unspecified atom stereocenters. The lowest BCUT2D eigenvalue weighted by molar-refractivity contribution is -0.199. The van der Waals surface area contributed by atoms with E-state index in [1.807, 2.05) is 6.92 Å². The largest absolute Gasteiger partial charge is 0.507 e. The van der Waals surface area contributed by atoms with Crippen LogP contribution in [0.4, 0.5) is 0 Å². The van der Waals surface area contributed by atoms with Crippen LogP contribution < -0.4 is 5.73 Å². The number of fused-ring (bicyclic) bond motifs is 3. The van der Waals surface area contributed by atoms with E-state index in [9.17, 15) is 43.8 Å². The molecular formula is C25H32N2O9S. The Morgan fingerprint density at radius 2 is 1.81 bits per heavy atom. The minimum Gasteiger partial charge on any atom is -0.507 e. The molecular weight excluding hydrogens is 504 g/mol. The normalized spacial score (nSPS) is 37.1. The summed E-state index contributed by atoms with van der Waals surface area (Å²) in [7, 11) is 1.49. The first-order chi connectivity index (χ1) is 17.3. The predicted molar refractivity (Wildman–Crippen MR) is 131 cm³/mol. The zero-order valence-corrected chi connectivity index (χ0v) is 21.6. The van der Waals surface area contributed by atoms with Gasteiger partial charge in [0.2, 0.25) is 0 Å². The van der Waals surface area contributed by atoms with E-state index in [-0.39, 0.29) is 11.3 Å². The van der Waals surface area contributed by atoms with Crippen molar-refractivity contribution in [2.45, 2.75) is 43.2 Å². The van der Waals surface area contributed by atoms with Gasteiger partial charge in [-0.3, -0.25) is 28.3 Å². The maximum Gasteiger partial charge on any atom is 0.190 e. The summed E-state index contributed by atoms with van der Waals surface area (Å²) in [5.74, 6) is -11.9. The molecule has 37 heavy (non-hydrogen) atoms. The average Bonchev–Trinajstić information content (AvgIpc) is 2.80. The van der Waals surface area contributed by atoms with Gasteiger partial charge in [-0.05, 0) is 32.1 Å². The van der Waals surface area contributed by atoms with Crippen LogP contribution in [0.25, 0.3) is 0 Å². The summed E-state index contributed by atoms with van der Waals surface area (Å²) in [6.45, 7) is 1.84. The first kappa shape index (κ1) is 27.7. The van der Waals surface area contributed by atoms with Crippen LogP contribution in [0.5, 0.6) is 5.75 Å². The summed E-state index contributed by atoms with van der Waals surface area (Å²) in [5.41, 5.74) is 2.61. The molecule has 4 rings (SSSR count). The maximum absolute atomic E-state index is 14.0. The Hall–Kier alpha value is -2.35. The number of aliphatic hydroxyl groups excluding tert-OH is 2. The molecule has 0 aliphatic heterocycles. The average molecular weight is 537 g/mol. The third-order valence-electron chi connectivity index (χ3n) is 8.05. The van der Waals surface area contributed by atoms with Crippen LogP contribution in [0.1, 0.15) is 35.2 Å². The SMILES string of the molecule is CCCS(=O)C[C@H]1c2cccc(O)c2C(=O)C2C(=O)[C@]3(O)C(=O)C(C(N)O)C(=O)[C@@H](N(C)C)[C@@H]3[C@@H](O)[C@@H]21. The molecule has 2 saturated carbocycles. The molecule has 11 nitrogen and oxygen atoms in total. The van der Waals surface area contributed by atoms with Crippen LogP contribution >= 0.6 is 0 Å². The molecule has 202 valence electrons. The van der Waals surface area contributed by atoms with Gasteiger partial charge in [0.15, 0.2) is 28.7 Å². The lowest BCUT2D eigenvalue weighted by Crippen LogP contribution is -2.78. The van der Waals surface area contributed by atoms with Crippen LogP contribution in [-0.4, -0.2) is 102 Å².